The second kappa shape index (κ2) is 14.8. The van der Waals surface area contributed by atoms with Crippen LogP contribution in [0.4, 0.5) is 38.3 Å². The first-order valence-electron chi connectivity index (χ1n) is 20.0. The fourth-order valence-corrected chi connectivity index (χ4v) is 9.33. The quantitative estimate of drug-likeness (QED) is 0.282. The summed E-state index contributed by atoms with van der Waals surface area (Å²) in [6, 6.07) is 12.6. The highest BCUT2D eigenvalue weighted by Crippen LogP contribution is 2.37. The van der Waals surface area contributed by atoms with Gasteiger partial charge in [-0.15, -0.1) is 0 Å². The standard InChI is InChI=1S/C40H46N12O6/c1-46-17-18-50(40(46)58)29-3-2-13-49(23-29)32-20-42-34(35(41)54)36(44-32)43-26-4-6-27(7-5-26)47-14-10-24-11-15-48(22-25(24)21-47)28-8-9-30-31(19-28)38(56)52(37(30)55)51-16-12-33(53)45-39(51)57/h4-9,19-20,24-25,29H,2-3,10-18,21-23H2,1H3,(H2,41,54)(H,43,44)(H,45,53,57)/t24-,25+,29-/m0/s1. The topological polar surface area (TPSA) is 201 Å². The van der Waals surface area contributed by atoms with Gasteiger partial charge < -0.3 is 35.6 Å². The van der Waals surface area contributed by atoms with Crippen LogP contribution in [0, 0.1) is 11.8 Å². The lowest BCUT2D eigenvalue weighted by molar-refractivity contribution is -0.122. The highest BCUT2D eigenvalue weighted by molar-refractivity contribution is 6.22. The number of benzene rings is 2. The molecule has 0 unspecified atom stereocenters. The van der Waals surface area contributed by atoms with Crippen molar-refractivity contribution in [1.29, 1.82) is 0 Å². The molecular formula is C40H46N12O6. The summed E-state index contributed by atoms with van der Waals surface area (Å²) in [6.45, 7) is 6.16. The van der Waals surface area contributed by atoms with Crippen LogP contribution >= 0.6 is 0 Å². The van der Waals surface area contributed by atoms with Crippen molar-refractivity contribution < 1.29 is 28.8 Å². The molecule has 4 N–H and O–H groups in total. The number of rotatable bonds is 8. The number of nitrogens with two attached hydrogens (primary N) is 1. The number of nitrogens with zero attached hydrogens (tertiary/aromatic N) is 9. The minimum atomic E-state index is -0.786. The van der Waals surface area contributed by atoms with Gasteiger partial charge in [-0.25, -0.2) is 24.6 Å². The highest BCUT2D eigenvalue weighted by atomic mass is 16.2. The van der Waals surface area contributed by atoms with Crippen LogP contribution in [-0.2, 0) is 4.79 Å². The lowest BCUT2D eigenvalue weighted by atomic mass is 9.79. The van der Waals surface area contributed by atoms with Gasteiger partial charge in [0.15, 0.2) is 11.5 Å². The number of hydrogen-bond donors (Lipinski definition) is 3. The summed E-state index contributed by atoms with van der Waals surface area (Å²) in [5.41, 5.74) is 8.91. The number of nitrogens with one attached hydrogen (secondary N) is 2. The molecule has 6 aliphatic rings. The Hall–Kier alpha value is -6.46. The maximum Gasteiger partial charge on any atom is 0.343 e. The van der Waals surface area contributed by atoms with E-state index >= 15 is 0 Å². The minimum absolute atomic E-state index is 0.00345. The molecular weight excluding hydrogens is 745 g/mol. The fourth-order valence-electron chi connectivity index (χ4n) is 9.33. The molecule has 8 amide bonds. The van der Waals surface area contributed by atoms with Gasteiger partial charge in [0.2, 0.25) is 5.91 Å². The van der Waals surface area contributed by atoms with Crippen molar-refractivity contribution in [2.24, 2.45) is 17.6 Å². The van der Waals surface area contributed by atoms with Gasteiger partial charge in [-0.1, -0.05) is 0 Å². The molecule has 5 fully saturated rings. The van der Waals surface area contributed by atoms with Crippen molar-refractivity contribution in [3.8, 4) is 0 Å². The normalized spacial score (nSPS) is 23.7. The van der Waals surface area contributed by atoms with E-state index in [1.165, 1.54) is 0 Å². The molecule has 1 aromatic heterocycles. The van der Waals surface area contributed by atoms with E-state index in [0.29, 0.717) is 37.3 Å². The zero-order valence-electron chi connectivity index (χ0n) is 32.3. The van der Waals surface area contributed by atoms with E-state index in [1.54, 1.807) is 23.2 Å². The lowest BCUT2D eigenvalue weighted by Crippen LogP contribution is -2.58. The maximum absolute atomic E-state index is 13.4. The first-order valence-corrected chi connectivity index (χ1v) is 20.0. The number of hydrazine groups is 1. The minimum Gasteiger partial charge on any atom is -0.371 e. The average Bonchev–Trinajstić information content (AvgIpc) is 3.70. The summed E-state index contributed by atoms with van der Waals surface area (Å²) in [5.74, 6) is -0.458. The monoisotopic (exact) mass is 790 g/mol. The molecule has 9 rings (SSSR count). The maximum atomic E-state index is 13.4. The number of carbonyl (C=O) groups excluding carboxylic acids is 6. The van der Waals surface area contributed by atoms with Crippen molar-refractivity contribution in [2.45, 2.75) is 38.1 Å². The van der Waals surface area contributed by atoms with Gasteiger partial charge in [0.05, 0.1) is 29.9 Å². The summed E-state index contributed by atoms with van der Waals surface area (Å²) in [6.07, 6.45) is 5.46. The molecule has 5 saturated heterocycles. The Morgan fingerprint density at radius 1 is 0.793 bits per heavy atom. The van der Waals surface area contributed by atoms with Crippen molar-refractivity contribution in [2.75, 3.05) is 86.0 Å². The summed E-state index contributed by atoms with van der Waals surface area (Å²) in [4.78, 5) is 95.5. The number of urea groups is 2. The number of piperidine rings is 3. The summed E-state index contributed by atoms with van der Waals surface area (Å²) in [7, 11) is 1.82. The SMILES string of the molecule is CN1CCN([C@H]2CCCN(c3cnc(C(N)=O)c(Nc4ccc(N5CC[C@H]6CCN(c7ccc8c(c7)C(=O)N(N7CCC(=O)NC7=O)C8=O)C[C@H]6C5)cc4)n3)C2)C1=O. The van der Waals surface area contributed by atoms with Crippen LogP contribution in [0.15, 0.2) is 48.7 Å². The molecule has 7 heterocycles. The number of carbonyl (C=O) groups is 6. The molecule has 18 heteroatoms. The van der Waals surface area contributed by atoms with Gasteiger partial charge in [-0.2, -0.15) is 5.01 Å². The molecule has 0 bridgehead atoms. The third kappa shape index (κ3) is 6.75. The van der Waals surface area contributed by atoms with Gasteiger partial charge in [-0.05, 0) is 80.0 Å². The lowest BCUT2D eigenvalue weighted by Gasteiger charge is -2.46. The highest BCUT2D eigenvalue weighted by Gasteiger charge is 2.44. The first-order chi connectivity index (χ1) is 28.0. The molecule has 302 valence electrons. The molecule has 3 aromatic rings. The van der Waals surface area contributed by atoms with Crippen molar-refractivity contribution in [1.82, 2.24) is 35.1 Å². The Bertz CT molecular complexity index is 2200. The predicted molar refractivity (Wildman–Crippen MR) is 213 cm³/mol. The number of fused-ring (bicyclic) bond motifs is 2. The van der Waals surface area contributed by atoms with Crippen LogP contribution in [0.1, 0.15) is 63.3 Å². The first kappa shape index (κ1) is 37.1. The van der Waals surface area contributed by atoms with E-state index in [2.05, 4.69) is 42.5 Å². The van der Waals surface area contributed by atoms with Gasteiger partial charge in [-0.3, -0.25) is 24.5 Å². The van der Waals surface area contributed by atoms with Crippen LogP contribution in [0.2, 0.25) is 0 Å². The number of amides is 8. The molecule has 3 atom stereocenters. The second-order valence-corrected chi connectivity index (χ2v) is 16.0. The van der Waals surface area contributed by atoms with Gasteiger partial charge >= 0.3 is 12.1 Å². The zero-order chi connectivity index (χ0) is 40.2. The number of imide groups is 2. The Kier molecular flexibility index (Phi) is 9.48. The smallest absolute Gasteiger partial charge is 0.343 e. The Balaban J connectivity index is 0.852. The number of primary amides is 1. The number of anilines is 5. The van der Waals surface area contributed by atoms with Gasteiger partial charge in [0, 0.05) is 82.9 Å². The van der Waals surface area contributed by atoms with Crippen molar-refractivity contribution >= 4 is 64.4 Å². The van der Waals surface area contributed by atoms with E-state index in [4.69, 9.17) is 10.7 Å². The second-order valence-electron chi connectivity index (χ2n) is 16.0. The van der Waals surface area contributed by atoms with Crippen LogP contribution in [0.3, 0.4) is 0 Å². The fraction of sp³-hybridized carbons (Fsp3) is 0.450. The van der Waals surface area contributed by atoms with Crippen LogP contribution < -0.4 is 31.1 Å². The summed E-state index contributed by atoms with van der Waals surface area (Å²) >= 11 is 0. The molecule has 0 spiro atoms. The van der Waals surface area contributed by atoms with Gasteiger partial charge in [0.1, 0.15) is 5.82 Å². The summed E-state index contributed by atoms with van der Waals surface area (Å²) < 4.78 is 0. The molecule has 6 aliphatic heterocycles. The molecule has 0 saturated carbocycles. The van der Waals surface area contributed by atoms with Gasteiger partial charge in [0.25, 0.3) is 17.7 Å². The van der Waals surface area contributed by atoms with Crippen molar-refractivity contribution in [3.63, 3.8) is 0 Å². The van der Waals surface area contributed by atoms with Crippen molar-refractivity contribution in [3.05, 3.63) is 65.5 Å². The Morgan fingerprint density at radius 3 is 2.22 bits per heavy atom. The van der Waals surface area contributed by atoms with E-state index in [0.717, 1.165) is 85.5 Å². The third-order valence-electron chi connectivity index (χ3n) is 12.5. The molecule has 2 aromatic carbocycles. The molecule has 0 radical (unpaired) electrons. The van der Waals surface area contributed by atoms with Crippen LogP contribution in [0.5, 0.6) is 0 Å². The van der Waals surface area contributed by atoms with E-state index < -0.39 is 29.7 Å². The number of hydrogen-bond acceptors (Lipinski definition) is 12. The Morgan fingerprint density at radius 2 is 1.52 bits per heavy atom. The molecule has 58 heavy (non-hydrogen) atoms. The average molecular weight is 791 g/mol. The number of aromatic nitrogens is 2. The third-order valence-corrected chi connectivity index (χ3v) is 12.5. The molecule has 0 aliphatic carbocycles. The van der Waals surface area contributed by atoms with E-state index in [1.807, 2.05) is 30.1 Å². The van der Waals surface area contributed by atoms with E-state index in [9.17, 15) is 28.8 Å². The van der Waals surface area contributed by atoms with E-state index in [-0.39, 0.29) is 47.7 Å². The largest absolute Gasteiger partial charge is 0.371 e. The number of likely N-dealkylation sites (N-methyl/N-ethyl adjacent to an activating group) is 1. The predicted octanol–water partition coefficient (Wildman–Crippen LogP) is 2.46. The Labute approximate surface area is 334 Å². The zero-order valence-corrected chi connectivity index (χ0v) is 32.3. The molecule has 18 nitrogen and oxygen atoms in total. The van der Waals surface area contributed by atoms with Crippen LogP contribution in [-0.4, -0.2) is 137 Å². The summed E-state index contributed by atoms with van der Waals surface area (Å²) in [5, 5.41) is 7.30. The van der Waals surface area contributed by atoms with Crippen LogP contribution in [0.25, 0.3) is 0 Å².